The number of rotatable bonds is 4. The number of aliphatic hydroxyl groups excluding tert-OH is 1. The first-order chi connectivity index (χ1) is 9.11. The van der Waals surface area contributed by atoms with Crippen molar-refractivity contribution in [1.82, 2.24) is 0 Å². The first kappa shape index (κ1) is 13.8. The highest BCUT2D eigenvalue weighted by Gasteiger charge is 2.12. The number of hydrogen-bond donors (Lipinski definition) is 1. The van der Waals surface area contributed by atoms with Gasteiger partial charge in [0.05, 0.1) is 15.1 Å². The van der Waals surface area contributed by atoms with Crippen molar-refractivity contribution in [1.29, 1.82) is 0 Å². The van der Waals surface area contributed by atoms with Crippen molar-refractivity contribution >= 4 is 28.3 Å². The van der Waals surface area contributed by atoms with Crippen molar-refractivity contribution in [2.75, 3.05) is 0 Å². The Kier molecular flexibility index (Phi) is 4.33. The average Bonchev–Trinajstić information content (AvgIpc) is 2.41. The topological polar surface area (TPSA) is 72.6 Å². The molecular formula is C13H10INO4. The molecule has 2 aromatic carbocycles. The highest BCUT2D eigenvalue weighted by atomic mass is 127. The smallest absolute Gasteiger partial charge is 0.270 e. The molecule has 6 heteroatoms. The van der Waals surface area contributed by atoms with Gasteiger partial charge in [-0.05, 0) is 40.8 Å². The maximum Gasteiger partial charge on any atom is 0.270 e. The second-order valence-corrected chi connectivity index (χ2v) is 4.90. The third kappa shape index (κ3) is 3.21. The molecule has 0 bridgehead atoms. The lowest BCUT2D eigenvalue weighted by Gasteiger charge is -2.10. The van der Waals surface area contributed by atoms with Crippen molar-refractivity contribution in [3.8, 4) is 11.5 Å². The van der Waals surface area contributed by atoms with Gasteiger partial charge < -0.3 is 9.84 Å². The van der Waals surface area contributed by atoms with Crippen LogP contribution in [0.1, 0.15) is 5.56 Å². The van der Waals surface area contributed by atoms with E-state index in [0.717, 1.165) is 3.57 Å². The number of halogens is 1. The second kappa shape index (κ2) is 5.98. The number of hydrogen-bond acceptors (Lipinski definition) is 4. The summed E-state index contributed by atoms with van der Waals surface area (Å²) in [5, 5.41) is 19.9. The van der Waals surface area contributed by atoms with Gasteiger partial charge in [-0.1, -0.05) is 12.1 Å². The van der Waals surface area contributed by atoms with Gasteiger partial charge in [-0.15, -0.1) is 0 Å². The minimum absolute atomic E-state index is 0.0702. The summed E-state index contributed by atoms with van der Waals surface area (Å²) >= 11 is 2.13. The van der Waals surface area contributed by atoms with E-state index >= 15 is 0 Å². The minimum Gasteiger partial charge on any atom is -0.456 e. The van der Waals surface area contributed by atoms with Crippen LogP contribution in [0.4, 0.5) is 5.69 Å². The van der Waals surface area contributed by atoms with Crippen LogP contribution in [0.15, 0.2) is 42.5 Å². The molecule has 0 aliphatic heterocycles. The number of nitro benzene ring substituents is 1. The zero-order valence-corrected chi connectivity index (χ0v) is 11.9. The van der Waals surface area contributed by atoms with Crippen molar-refractivity contribution in [2.24, 2.45) is 0 Å². The fourth-order valence-corrected chi connectivity index (χ4v) is 2.05. The number of nitro groups is 1. The minimum atomic E-state index is -0.505. The molecule has 0 spiro atoms. The van der Waals surface area contributed by atoms with Crippen LogP contribution >= 0.6 is 22.6 Å². The van der Waals surface area contributed by atoms with Gasteiger partial charge in [-0.3, -0.25) is 10.1 Å². The molecule has 19 heavy (non-hydrogen) atoms. The molecule has 0 saturated carbocycles. The van der Waals surface area contributed by atoms with E-state index in [0.29, 0.717) is 17.1 Å². The molecule has 0 atom stereocenters. The number of benzene rings is 2. The largest absolute Gasteiger partial charge is 0.456 e. The second-order valence-electron chi connectivity index (χ2n) is 3.74. The zero-order valence-electron chi connectivity index (χ0n) is 9.75. The Morgan fingerprint density at radius 2 is 1.95 bits per heavy atom. The predicted octanol–water partition coefficient (Wildman–Crippen LogP) is 3.48. The number of nitrogens with zero attached hydrogens (tertiary/aromatic N) is 1. The Labute approximate surface area is 123 Å². The predicted molar refractivity (Wildman–Crippen MR) is 78.3 cm³/mol. The number of ether oxygens (including phenoxy) is 1. The van der Waals surface area contributed by atoms with E-state index in [1.165, 1.54) is 18.2 Å². The lowest BCUT2D eigenvalue weighted by molar-refractivity contribution is -0.385. The first-order valence-corrected chi connectivity index (χ1v) is 6.50. The van der Waals surface area contributed by atoms with E-state index in [1.807, 2.05) is 18.2 Å². The van der Waals surface area contributed by atoms with Crippen molar-refractivity contribution in [2.45, 2.75) is 6.61 Å². The third-order valence-corrected chi connectivity index (χ3v) is 3.37. The van der Waals surface area contributed by atoms with Crippen LogP contribution in [-0.4, -0.2) is 10.0 Å². The monoisotopic (exact) mass is 371 g/mol. The number of non-ortho nitro benzene ring substituents is 1. The van der Waals surface area contributed by atoms with E-state index in [4.69, 9.17) is 4.74 Å². The van der Waals surface area contributed by atoms with Crippen LogP contribution in [-0.2, 0) is 6.61 Å². The Hall–Kier alpha value is -1.67. The molecule has 1 N–H and O–H groups in total. The maximum atomic E-state index is 10.7. The molecule has 2 rings (SSSR count). The lowest BCUT2D eigenvalue weighted by Crippen LogP contribution is -1.95. The molecule has 0 radical (unpaired) electrons. The molecule has 0 aromatic heterocycles. The Morgan fingerprint density at radius 3 is 2.58 bits per heavy atom. The number of aliphatic hydroxyl groups is 1. The fourth-order valence-electron chi connectivity index (χ4n) is 1.55. The summed E-state index contributed by atoms with van der Waals surface area (Å²) in [4.78, 5) is 10.2. The lowest BCUT2D eigenvalue weighted by atomic mass is 10.2. The number of para-hydroxylation sites is 1. The molecule has 5 nitrogen and oxygen atoms in total. The van der Waals surface area contributed by atoms with Gasteiger partial charge in [-0.25, -0.2) is 0 Å². The standard InChI is InChI=1S/C13H10INO4/c14-11-3-1-2-4-13(11)19-12-6-5-10(15(17)18)7-9(12)8-16/h1-7,16H,8H2. The normalized spacial score (nSPS) is 10.2. The third-order valence-electron chi connectivity index (χ3n) is 2.48. The summed E-state index contributed by atoms with van der Waals surface area (Å²) in [5.41, 5.74) is 0.313. The highest BCUT2D eigenvalue weighted by Crippen LogP contribution is 2.31. The summed E-state index contributed by atoms with van der Waals surface area (Å²) in [6.07, 6.45) is 0. The summed E-state index contributed by atoms with van der Waals surface area (Å²) in [6.45, 7) is -0.319. The Balaban J connectivity index is 2.35. The van der Waals surface area contributed by atoms with Crippen LogP contribution in [0.25, 0.3) is 0 Å². The van der Waals surface area contributed by atoms with Crippen molar-refractivity contribution in [3.63, 3.8) is 0 Å². The van der Waals surface area contributed by atoms with E-state index in [2.05, 4.69) is 22.6 Å². The van der Waals surface area contributed by atoms with Gasteiger partial charge in [0.15, 0.2) is 0 Å². The molecule has 0 aliphatic rings. The van der Waals surface area contributed by atoms with E-state index in [-0.39, 0.29) is 12.3 Å². The first-order valence-electron chi connectivity index (χ1n) is 5.42. The summed E-state index contributed by atoms with van der Waals surface area (Å²) in [5.74, 6) is 1.06. The van der Waals surface area contributed by atoms with Crippen LogP contribution in [0, 0.1) is 13.7 Å². The molecule has 0 saturated heterocycles. The summed E-state index contributed by atoms with van der Waals surface area (Å²) in [7, 11) is 0. The quantitative estimate of drug-likeness (QED) is 0.508. The SMILES string of the molecule is O=[N+]([O-])c1ccc(Oc2ccccc2I)c(CO)c1. The molecule has 0 heterocycles. The molecule has 0 aliphatic carbocycles. The molecule has 2 aromatic rings. The van der Waals surface area contributed by atoms with Gasteiger partial charge in [0.25, 0.3) is 5.69 Å². The summed E-state index contributed by atoms with van der Waals surface area (Å²) < 4.78 is 6.59. The molecule has 0 amide bonds. The van der Waals surface area contributed by atoms with Gasteiger partial charge in [-0.2, -0.15) is 0 Å². The van der Waals surface area contributed by atoms with Crippen molar-refractivity contribution < 1.29 is 14.8 Å². The molecule has 0 unspecified atom stereocenters. The van der Waals surface area contributed by atoms with Crippen LogP contribution in [0.3, 0.4) is 0 Å². The van der Waals surface area contributed by atoms with Gasteiger partial charge in [0, 0.05) is 17.7 Å². The van der Waals surface area contributed by atoms with Gasteiger partial charge in [0.2, 0.25) is 0 Å². The van der Waals surface area contributed by atoms with Gasteiger partial charge >= 0.3 is 0 Å². The Morgan fingerprint density at radius 1 is 1.21 bits per heavy atom. The van der Waals surface area contributed by atoms with Crippen LogP contribution < -0.4 is 4.74 Å². The van der Waals surface area contributed by atoms with Gasteiger partial charge in [0.1, 0.15) is 11.5 Å². The van der Waals surface area contributed by atoms with Crippen LogP contribution in [0.5, 0.6) is 11.5 Å². The Bertz CT molecular complexity index is 615. The van der Waals surface area contributed by atoms with Crippen LogP contribution in [0.2, 0.25) is 0 Å². The maximum absolute atomic E-state index is 10.7. The van der Waals surface area contributed by atoms with E-state index in [9.17, 15) is 15.2 Å². The van der Waals surface area contributed by atoms with E-state index in [1.54, 1.807) is 6.07 Å². The molecule has 98 valence electrons. The highest BCUT2D eigenvalue weighted by molar-refractivity contribution is 14.1. The van der Waals surface area contributed by atoms with Crippen molar-refractivity contribution in [3.05, 3.63) is 61.7 Å². The zero-order chi connectivity index (χ0) is 13.8. The average molecular weight is 371 g/mol. The molecular weight excluding hydrogens is 361 g/mol. The fraction of sp³-hybridized carbons (Fsp3) is 0.0769. The summed E-state index contributed by atoms with van der Waals surface area (Å²) in [6, 6.07) is 11.6. The van der Waals surface area contributed by atoms with E-state index < -0.39 is 4.92 Å². The molecule has 0 fully saturated rings.